The molecule has 5 heteroatoms. The van der Waals surface area contributed by atoms with Crippen LogP contribution in [0.2, 0.25) is 0 Å². The zero-order valence-corrected chi connectivity index (χ0v) is 10.1. The number of nitrogens with zero attached hydrogens (tertiary/aromatic N) is 1. The van der Waals surface area contributed by atoms with Crippen molar-refractivity contribution in [2.45, 2.75) is 6.42 Å². The number of aromatic nitrogens is 1. The van der Waals surface area contributed by atoms with Gasteiger partial charge in [0.2, 0.25) is 5.95 Å². The second-order valence-corrected chi connectivity index (χ2v) is 4.01. The van der Waals surface area contributed by atoms with Crippen molar-refractivity contribution in [1.82, 2.24) is 10.3 Å². The SMILES string of the molecule is O=C(NCCc1ccc(O)cc1)c1cccnc1F. The van der Waals surface area contributed by atoms with Crippen molar-refractivity contribution >= 4 is 5.91 Å². The first-order chi connectivity index (χ1) is 9.16. The molecule has 0 spiro atoms. The Hall–Kier alpha value is -2.43. The largest absolute Gasteiger partial charge is 0.508 e. The van der Waals surface area contributed by atoms with E-state index in [1.807, 2.05) is 0 Å². The van der Waals surface area contributed by atoms with E-state index in [4.69, 9.17) is 5.11 Å². The fourth-order valence-corrected chi connectivity index (χ4v) is 1.63. The minimum absolute atomic E-state index is 0.0618. The molecule has 1 heterocycles. The van der Waals surface area contributed by atoms with E-state index in [0.29, 0.717) is 13.0 Å². The molecular formula is C14H13FN2O2. The lowest BCUT2D eigenvalue weighted by molar-refractivity contribution is 0.0949. The number of halogens is 1. The number of phenolic OH excluding ortho intramolecular Hbond substituents is 1. The molecule has 0 radical (unpaired) electrons. The highest BCUT2D eigenvalue weighted by molar-refractivity contribution is 5.94. The van der Waals surface area contributed by atoms with Crippen molar-refractivity contribution in [3.05, 3.63) is 59.7 Å². The van der Waals surface area contributed by atoms with E-state index in [-0.39, 0.29) is 11.3 Å². The molecule has 0 aliphatic heterocycles. The molecule has 1 aromatic heterocycles. The van der Waals surface area contributed by atoms with Crippen molar-refractivity contribution in [3.8, 4) is 5.75 Å². The summed E-state index contributed by atoms with van der Waals surface area (Å²) in [7, 11) is 0. The van der Waals surface area contributed by atoms with Gasteiger partial charge in [0.05, 0.1) is 5.56 Å². The number of hydrogen-bond acceptors (Lipinski definition) is 3. The van der Waals surface area contributed by atoms with Gasteiger partial charge in [-0.05, 0) is 36.2 Å². The highest BCUT2D eigenvalue weighted by atomic mass is 19.1. The predicted octanol–water partition coefficient (Wildman–Crippen LogP) is 1.90. The van der Waals surface area contributed by atoms with E-state index in [1.54, 1.807) is 24.3 Å². The molecule has 2 aromatic rings. The smallest absolute Gasteiger partial charge is 0.255 e. The number of nitrogens with one attached hydrogen (secondary N) is 1. The number of pyridine rings is 1. The van der Waals surface area contributed by atoms with Gasteiger partial charge in [-0.2, -0.15) is 4.39 Å². The summed E-state index contributed by atoms with van der Waals surface area (Å²) in [5.41, 5.74) is 0.915. The van der Waals surface area contributed by atoms with Gasteiger partial charge in [-0.1, -0.05) is 12.1 Å². The van der Waals surface area contributed by atoms with Crippen LogP contribution >= 0.6 is 0 Å². The first-order valence-electron chi connectivity index (χ1n) is 5.83. The van der Waals surface area contributed by atoms with Crippen LogP contribution in [0.25, 0.3) is 0 Å². The summed E-state index contributed by atoms with van der Waals surface area (Å²) in [5, 5.41) is 11.8. The minimum Gasteiger partial charge on any atom is -0.508 e. The first-order valence-corrected chi connectivity index (χ1v) is 5.83. The maximum atomic E-state index is 13.2. The monoisotopic (exact) mass is 260 g/mol. The summed E-state index contributed by atoms with van der Waals surface area (Å²) in [5.74, 6) is -1.06. The van der Waals surface area contributed by atoms with Gasteiger partial charge in [0.15, 0.2) is 0 Å². The van der Waals surface area contributed by atoms with Crippen LogP contribution in [0.3, 0.4) is 0 Å². The quantitative estimate of drug-likeness (QED) is 0.825. The van der Waals surface area contributed by atoms with E-state index >= 15 is 0 Å². The minimum atomic E-state index is -0.773. The normalized spacial score (nSPS) is 10.2. The van der Waals surface area contributed by atoms with Crippen molar-refractivity contribution in [2.75, 3.05) is 6.54 Å². The van der Waals surface area contributed by atoms with Crippen molar-refractivity contribution in [1.29, 1.82) is 0 Å². The average Bonchev–Trinajstić information content (AvgIpc) is 2.41. The van der Waals surface area contributed by atoms with E-state index in [0.717, 1.165) is 5.56 Å². The van der Waals surface area contributed by atoms with Crippen molar-refractivity contribution < 1.29 is 14.3 Å². The molecule has 19 heavy (non-hydrogen) atoms. The molecule has 4 nitrogen and oxygen atoms in total. The number of carbonyl (C=O) groups excluding carboxylic acids is 1. The standard InChI is InChI=1S/C14H13FN2O2/c15-13-12(2-1-8-16-13)14(19)17-9-7-10-3-5-11(18)6-4-10/h1-6,8,18H,7,9H2,(H,17,19). The molecule has 0 aliphatic rings. The number of amides is 1. The maximum Gasteiger partial charge on any atom is 0.255 e. The molecule has 0 saturated heterocycles. The molecule has 0 atom stereocenters. The van der Waals surface area contributed by atoms with Gasteiger partial charge in [0.25, 0.3) is 5.91 Å². The zero-order valence-electron chi connectivity index (χ0n) is 10.1. The van der Waals surface area contributed by atoms with E-state index in [1.165, 1.54) is 18.3 Å². The Morgan fingerprint density at radius 2 is 2.00 bits per heavy atom. The number of hydrogen-bond donors (Lipinski definition) is 2. The van der Waals surface area contributed by atoms with Crippen molar-refractivity contribution in [2.24, 2.45) is 0 Å². The van der Waals surface area contributed by atoms with Crippen LogP contribution in [0.15, 0.2) is 42.6 Å². The van der Waals surface area contributed by atoms with Crippen LogP contribution in [0.5, 0.6) is 5.75 Å². The Balaban J connectivity index is 1.88. The Labute approximate surface area is 109 Å². The third-order valence-electron chi connectivity index (χ3n) is 2.64. The molecule has 0 unspecified atom stereocenters. The molecule has 0 bridgehead atoms. The number of phenols is 1. The molecular weight excluding hydrogens is 247 g/mol. The van der Waals surface area contributed by atoms with Gasteiger partial charge in [0, 0.05) is 12.7 Å². The van der Waals surface area contributed by atoms with Crippen LogP contribution in [0, 0.1) is 5.95 Å². The maximum absolute atomic E-state index is 13.2. The van der Waals surface area contributed by atoms with Crippen LogP contribution < -0.4 is 5.32 Å². The zero-order chi connectivity index (χ0) is 13.7. The molecule has 0 saturated carbocycles. The molecule has 1 aromatic carbocycles. The molecule has 0 fully saturated rings. The summed E-state index contributed by atoms with van der Waals surface area (Å²) in [6.45, 7) is 0.387. The lowest BCUT2D eigenvalue weighted by Crippen LogP contribution is -2.26. The van der Waals surface area contributed by atoms with Crippen LogP contribution in [0.4, 0.5) is 4.39 Å². The molecule has 2 N–H and O–H groups in total. The third kappa shape index (κ3) is 3.51. The highest BCUT2D eigenvalue weighted by Gasteiger charge is 2.10. The first kappa shape index (κ1) is 13.0. The van der Waals surface area contributed by atoms with Crippen molar-refractivity contribution in [3.63, 3.8) is 0 Å². The van der Waals surface area contributed by atoms with Gasteiger partial charge in [-0.25, -0.2) is 4.98 Å². The molecule has 98 valence electrons. The third-order valence-corrected chi connectivity index (χ3v) is 2.64. The molecule has 1 amide bonds. The van der Waals surface area contributed by atoms with Gasteiger partial charge < -0.3 is 10.4 Å². The van der Waals surface area contributed by atoms with Gasteiger partial charge >= 0.3 is 0 Å². The number of carbonyl (C=O) groups is 1. The average molecular weight is 260 g/mol. The van der Waals surface area contributed by atoms with Crippen LogP contribution in [-0.2, 0) is 6.42 Å². The Kier molecular flexibility index (Phi) is 4.07. The number of aromatic hydroxyl groups is 1. The van der Waals surface area contributed by atoms with Gasteiger partial charge in [-0.3, -0.25) is 4.79 Å². The Morgan fingerprint density at radius 1 is 1.26 bits per heavy atom. The van der Waals surface area contributed by atoms with E-state index in [2.05, 4.69) is 10.3 Å². The fraction of sp³-hybridized carbons (Fsp3) is 0.143. The number of benzene rings is 1. The molecule has 0 aliphatic carbocycles. The summed E-state index contributed by atoms with van der Waals surface area (Å²) < 4.78 is 13.2. The topological polar surface area (TPSA) is 62.2 Å². The number of rotatable bonds is 4. The van der Waals surface area contributed by atoms with E-state index in [9.17, 15) is 9.18 Å². The van der Waals surface area contributed by atoms with Gasteiger partial charge in [-0.15, -0.1) is 0 Å². The van der Waals surface area contributed by atoms with Crippen LogP contribution in [0.1, 0.15) is 15.9 Å². The highest BCUT2D eigenvalue weighted by Crippen LogP contribution is 2.09. The summed E-state index contributed by atoms with van der Waals surface area (Å²) >= 11 is 0. The summed E-state index contributed by atoms with van der Waals surface area (Å²) in [6.07, 6.45) is 1.90. The predicted molar refractivity (Wildman–Crippen MR) is 68.3 cm³/mol. The Morgan fingerprint density at radius 3 is 2.68 bits per heavy atom. The second-order valence-electron chi connectivity index (χ2n) is 4.01. The summed E-state index contributed by atoms with van der Waals surface area (Å²) in [4.78, 5) is 15.1. The summed E-state index contributed by atoms with van der Waals surface area (Å²) in [6, 6.07) is 9.60. The lowest BCUT2D eigenvalue weighted by Gasteiger charge is -2.05. The second kappa shape index (κ2) is 5.95. The van der Waals surface area contributed by atoms with E-state index < -0.39 is 11.9 Å². The molecule has 2 rings (SSSR count). The Bertz CT molecular complexity index is 570. The van der Waals surface area contributed by atoms with Gasteiger partial charge in [0.1, 0.15) is 5.75 Å². The lowest BCUT2D eigenvalue weighted by atomic mass is 10.1. The van der Waals surface area contributed by atoms with Crippen LogP contribution in [-0.4, -0.2) is 22.5 Å². The fourth-order valence-electron chi connectivity index (χ4n) is 1.63.